The molecular formula is C50H32N6. The standard InChI is InChI=1S/C50H32N6/c1-4-16-33(17-5-1)45-46(34-18-6-2-7-19-34)54-55-31-30-38-41(47(45)55)26-15-27-42(38)50-52-48(35-20-8-3-9-21-35)51-49(53-50)36-22-14-23-37(32-36)56-43-28-12-10-24-39(43)40-25-11-13-29-44(40)56/h1-32H. The second-order valence-corrected chi connectivity index (χ2v) is 13.9. The Kier molecular flexibility index (Phi) is 7.38. The van der Waals surface area contributed by atoms with Gasteiger partial charge in [0.05, 0.1) is 16.6 Å². The molecule has 0 spiro atoms. The first-order valence-electron chi connectivity index (χ1n) is 18.7. The third kappa shape index (κ3) is 5.19. The molecule has 0 N–H and O–H groups in total. The highest BCUT2D eigenvalue weighted by molar-refractivity contribution is 6.11. The maximum absolute atomic E-state index is 5.26. The molecular weight excluding hydrogens is 685 g/mol. The van der Waals surface area contributed by atoms with Crippen LogP contribution in [0.4, 0.5) is 0 Å². The molecule has 7 aromatic carbocycles. The van der Waals surface area contributed by atoms with E-state index >= 15 is 0 Å². The van der Waals surface area contributed by atoms with Crippen molar-refractivity contribution < 1.29 is 0 Å². The van der Waals surface area contributed by atoms with Crippen LogP contribution >= 0.6 is 0 Å². The van der Waals surface area contributed by atoms with E-state index < -0.39 is 0 Å². The molecule has 6 nitrogen and oxygen atoms in total. The van der Waals surface area contributed by atoms with Gasteiger partial charge in [0, 0.05) is 55.9 Å². The number of rotatable bonds is 6. The van der Waals surface area contributed by atoms with E-state index in [0.29, 0.717) is 17.5 Å². The van der Waals surface area contributed by atoms with Gasteiger partial charge in [-0.2, -0.15) is 5.10 Å². The first-order valence-corrected chi connectivity index (χ1v) is 18.7. The topological polar surface area (TPSA) is 60.9 Å². The number of fused-ring (bicyclic) bond motifs is 6. The Balaban J connectivity index is 1.13. The lowest BCUT2D eigenvalue weighted by Crippen LogP contribution is -2.01. The van der Waals surface area contributed by atoms with Crippen molar-refractivity contribution in [3.05, 3.63) is 194 Å². The Hall–Kier alpha value is -7.70. The molecule has 0 radical (unpaired) electrons. The van der Waals surface area contributed by atoms with Gasteiger partial charge in [0.15, 0.2) is 17.5 Å². The smallest absolute Gasteiger partial charge is 0.164 e. The van der Waals surface area contributed by atoms with E-state index in [2.05, 4.69) is 162 Å². The van der Waals surface area contributed by atoms with E-state index in [1.807, 2.05) is 40.9 Å². The maximum Gasteiger partial charge on any atom is 0.164 e. The predicted molar refractivity (Wildman–Crippen MR) is 228 cm³/mol. The molecule has 0 aliphatic carbocycles. The minimum atomic E-state index is 0.607. The fraction of sp³-hybridized carbons (Fsp3) is 0. The zero-order valence-corrected chi connectivity index (χ0v) is 30.2. The number of benzene rings is 7. The monoisotopic (exact) mass is 716 g/mol. The molecule has 262 valence electrons. The Bertz CT molecular complexity index is 3190. The van der Waals surface area contributed by atoms with Crippen molar-refractivity contribution in [2.75, 3.05) is 0 Å². The highest BCUT2D eigenvalue weighted by atomic mass is 15.2. The van der Waals surface area contributed by atoms with E-state index in [1.54, 1.807) is 0 Å². The summed E-state index contributed by atoms with van der Waals surface area (Å²) in [5.41, 5.74) is 11.3. The van der Waals surface area contributed by atoms with Crippen molar-refractivity contribution in [1.82, 2.24) is 29.1 Å². The summed E-state index contributed by atoms with van der Waals surface area (Å²) in [6.45, 7) is 0. The van der Waals surface area contributed by atoms with Gasteiger partial charge < -0.3 is 4.57 Å². The van der Waals surface area contributed by atoms with Crippen molar-refractivity contribution >= 4 is 38.1 Å². The van der Waals surface area contributed by atoms with Crippen molar-refractivity contribution in [1.29, 1.82) is 0 Å². The SMILES string of the molecule is c1ccc(-c2nc(-c3cccc(-n4c5ccccc5c5ccccc54)c3)nc(-c3cccc4c3ccn3nc(-c5ccccc5)c(-c5ccccc5)c43)n2)cc1. The fourth-order valence-corrected chi connectivity index (χ4v) is 8.09. The number of aromatic nitrogens is 6. The summed E-state index contributed by atoms with van der Waals surface area (Å²) < 4.78 is 4.33. The van der Waals surface area contributed by atoms with Crippen LogP contribution in [0.1, 0.15) is 0 Å². The molecule has 0 saturated carbocycles. The van der Waals surface area contributed by atoms with E-state index in [1.165, 1.54) is 10.8 Å². The van der Waals surface area contributed by atoms with Crippen molar-refractivity contribution in [3.8, 4) is 62.2 Å². The average molecular weight is 717 g/mol. The Labute approximate surface area is 322 Å². The van der Waals surface area contributed by atoms with E-state index in [-0.39, 0.29) is 0 Å². The number of pyridine rings is 1. The molecule has 0 fully saturated rings. The lowest BCUT2D eigenvalue weighted by Gasteiger charge is -2.13. The fourth-order valence-electron chi connectivity index (χ4n) is 8.09. The van der Waals surface area contributed by atoms with Gasteiger partial charge in [0.25, 0.3) is 0 Å². The predicted octanol–water partition coefficient (Wildman–Crippen LogP) is 12.1. The number of hydrogen-bond acceptors (Lipinski definition) is 4. The third-order valence-corrected chi connectivity index (χ3v) is 10.6. The van der Waals surface area contributed by atoms with Gasteiger partial charge in [-0.25, -0.2) is 19.5 Å². The summed E-state index contributed by atoms with van der Waals surface area (Å²) in [7, 11) is 0. The molecule has 11 rings (SSSR count). The molecule has 0 saturated heterocycles. The van der Waals surface area contributed by atoms with Crippen molar-refractivity contribution in [3.63, 3.8) is 0 Å². The highest BCUT2D eigenvalue weighted by Gasteiger charge is 2.21. The second-order valence-electron chi connectivity index (χ2n) is 13.9. The molecule has 0 aliphatic rings. The third-order valence-electron chi connectivity index (χ3n) is 10.6. The summed E-state index contributed by atoms with van der Waals surface area (Å²) in [4.78, 5) is 15.5. The summed E-state index contributed by atoms with van der Waals surface area (Å²) in [5.74, 6) is 1.83. The molecule has 4 heterocycles. The lowest BCUT2D eigenvalue weighted by atomic mass is 9.96. The van der Waals surface area contributed by atoms with Gasteiger partial charge in [-0.3, -0.25) is 0 Å². The van der Waals surface area contributed by atoms with E-state index in [4.69, 9.17) is 20.1 Å². The Morgan fingerprint density at radius 2 is 0.911 bits per heavy atom. The van der Waals surface area contributed by atoms with Crippen LogP contribution < -0.4 is 0 Å². The molecule has 56 heavy (non-hydrogen) atoms. The summed E-state index contributed by atoms with van der Waals surface area (Å²) in [6.07, 6.45) is 2.05. The van der Waals surface area contributed by atoms with Gasteiger partial charge in [0.1, 0.15) is 5.69 Å². The second kappa shape index (κ2) is 13.0. The largest absolute Gasteiger partial charge is 0.309 e. The van der Waals surface area contributed by atoms with Gasteiger partial charge in [-0.1, -0.05) is 158 Å². The quantitative estimate of drug-likeness (QED) is 0.172. The van der Waals surface area contributed by atoms with Crippen molar-refractivity contribution in [2.24, 2.45) is 0 Å². The maximum atomic E-state index is 5.26. The van der Waals surface area contributed by atoms with Crippen LogP contribution in [0.25, 0.3) is 100 Å². The van der Waals surface area contributed by atoms with Gasteiger partial charge in [-0.05, 0) is 41.3 Å². The molecule has 4 aromatic heterocycles. The van der Waals surface area contributed by atoms with E-state index in [9.17, 15) is 0 Å². The number of hydrogen-bond donors (Lipinski definition) is 0. The first kappa shape index (κ1) is 31.8. The zero-order valence-electron chi connectivity index (χ0n) is 30.2. The minimum absolute atomic E-state index is 0.607. The molecule has 6 heteroatoms. The normalized spacial score (nSPS) is 11.6. The highest BCUT2D eigenvalue weighted by Crippen LogP contribution is 2.40. The Morgan fingerprint density at radius 1 is 0.375 bits per heavy atom. The minimum Gasteiger partial charge on any atom is -0.309 e. The van der Waals surface area contributed by atoms with Crippen LogP contribution in [0.5, 0.6) is 0 Å². The molecule has 0 bridgehead atoms. The van der Waals surface area contributed by atoms with Gasteiger partial charge in [0.2, 0.25) is 0 Å². The zero-order chi connectivity index (χ0) is 37.0. The van der Waals surface area contributed by atoms with Gasteiger partial charge >= 0.3 is 0 Å². The summed E-state index contributed by atoms with van der Waals surface area (Å²) >= 11 is 0. The number of nitrogens with zero attached hydrogens (tertiary/aromatic N) is 6. The molecule has 11 aromatic rings. The van der Waals surface area contributed by atoms with Crippen LogP contribution in [0.2, 0.25) is 0 Å². The van der Waals surface area contributed by atoms with Crippen LogP contribution in [0, 0.1) is 0 Å². The Morgan fingerprint density at radius 3 is 1.61 bits per heavy atom. The summed E-state index contributed by atoms with van der Waals surface area (Å²) in [6, 6.07) is 65.2. The van der Waals surface area contributed by atoms with Crippen LogP contribution in [0.3, 0.4) is 0 Å². The van der Waals surface area contributed by atoms with Crippen LogP contribution in [-0.2, 0) is 0 Å². The molecule has 0 atom stereocenters. The van der Waals surface area contributed by atoms with E-state index in [0.717, 1.165) is 72.1 Å². The summed E-state index contributed by atoms with van der Waals surface area (Å²) in [5, 5.41) is 9.70. The van der Waals surface area contributed by atoms with Crippen LogP contribution in [0.15, 0.2) is 194 Å². The van der Waals surface area contributed by atoms with Crippen molar-refractivity contribution in [2.45, 2.75) is 0 Å². The first-order chi connectivity index (χ1) is 27.8. The number of para-hydroxylation sites is 2. The van der Waals surface area contributed by atoms with Crippen LogP contribution in [-0.4, -0.2) is 29.1 Å². The molecule has 0 aliphatic heterocycles. The van der Waals surface area contributed by atoms with Gasteiger partial charge in [-0.15, -0.1) is 0 Å². The average Bonchev–Trinajstić information content (AvgIpc) is 3.84. The molecule has 0 amide bonds. The molecule has 0 unspecified atom stereocenters. The lowest BCUT2D eigenvalue weighted by molar-refractivity contribution is 0.971.